The molecule has 0 aromatic heterocycles. The summed E-state index contributed by atoms with van der Waals surface area (Å²) in [4.78, 5) is 0. The van der Waals surface area contributed by atoms with Crippen molar-refractivity contribution in [3.05, 3.63) is 35.6 Å². The monoisotopic (exact) mass is 221 g/mol. The minimum absolute atomic E-state index is 0.0782. The topological polar surface area (TPSA) is 26.0 Å². The van der Waals surface area contributed by atoms with Crippen molar-refractivity contribution < 1.29 is 4.39 Å². The van der Waals surface area contributed by atoms with E-state index < -0.39 is 0 Å². The summed E-state index contributed by atoms with van der Waals surface area (Å²) in [7, 11) is 0. The maximum absolute atomic E-state index is 13.8. The summed E-state index contributed by atoms with van der Waals surface area (Å²) in [6.45, 7) is 2.76. The molecule has 2 heteroatoms. The van der Waals surface area contributed by atoms with E-state index in [1.54, 1.807) is 12.1 Å². The first-order valence-electron chi connectivity index (χ1n) is 6.17. The van der Waals surface area contributed by atoms with Crippen molar-refractivity contribution in [1.82, 2.24) is 0 Å². The third-order valence-corrected chi connectivity index (χ3v) is 3.89. The van der Waals surface area contributed by atoms with Crippen LogP contribution < -0.4 is 5.73 Å². The van der Waals surface area contributed by atoms with E-state index in [4.69, 9.17) is 5.73 Å². The Balaban J connectivity index is 2.16. The standard InChI is InChI=1S/C14H20FN/c1-2-5-11-8-14(9-11,10-16)12-6-3-4-7-13(12)15/h3-4,6-7,11H,2,5,8-10,16H2,1H3. The van der Waals surface area contributed by atoms with E-state index in [0.717, 1.165) is 24.3 Å². The summed E-state index contributed by atoms with van der Waals surface area (Å²) in [5, 5.41) is 0. The van der Waals surface area contributed by atoms with Crippen LogP contribution in [0.5, 0.6) is 0 Å². The number of hydrogen-bond donors (Lipinski definition) is 1. The van der Waals surface area contributed by atoms with Crippen LogP contribution in [0.1, 0.15) is 38.2 Å². The van der Waals surface area contributed by atoms with Crippen LogP contribution in [0.15, 0.2) is 24.3 Å². The Morgan fingerprint density at radius 3 is 2.62 bits per heavy atom. The quantitative estimate of drug-likeness (QED) is 0.830. The zero-order valence-corrected chi connectivity index (χ0v) is 9.88. The van der Waals surface area contributed by atoms with E-state index in [-0.39, 0.29) is 11.2 Å². The molecule has 0 radical (unpaired) electrons. The van der Waals surface area contributed by atoms with Crippen LogP contribution in [0.2, 0.25) is 0 Å². The summed E-state index contributed by atoms with van der Waals surface area (Å²) in [6.07, 6.45) is 4.56. The Kier molecular flexibility index (Phi) is 3.29. The molecule has 0 spiro atoms. The average molecular weight is 221 g/mol. The van der Waals surface area contributed by atoms with Crippen LogP contribution in [0, 0.1) is 11.7 Å². The molecule has 0 amide bonds. The molecule has 1 nitrogen and oxygen atoms in total. The molecule has 2 N–H and O–H groups in total. The normalized spacial score (nSPS) is 28.8. The lowest BCUT2D eigenvalue weighted by atomic mass is 9.57. The lowest BCUT2D eigenvalue weighted by Gasteiger charge is -2.48. The van der Waals surface area contributed by atoms with Crippen LogP contribution in [-0.2, 0) is 5.41 Å². The van der Waals surface area contributed by atoms with E-state index in [0.29, 0.717) is 6.54 Å². The Morgan fingerprint density at radius 2 is 2.06 bits per heavy atom. The molecule has 1 aromatic carbocycles. The zero-order chi connectivity index (χ0) is 11.6. The van der Waals surface area contributed by atoms with Crippen molar-refractivity contribution in [2.75, 3.05) is 6.54 Å². The molecule has 1 fully saturated rings. The molecule has 2 rings (SSSR count). The van der Waals surface area contributed by atoms with Gasteiger partial charge >= 0.3 is 0 Å². The first-order valence-corrected chi connectivity index (χ1v) is 6.17. The molecule has 0 saturated heterocycles. The van der Waals surface area contributed by atoms with E-state index in [9.17, 15) is 4.39 Å². The minimum atomic E-state index is -0.0945. The van der Waals surface area contributed by atoms with Crippen molar-refractivity contribution in [2.45, 2.75) is 38.0 Å². The van der Waals surface area contributed by atoms with Gasteiger partial charge < -0.3 is 5.73 Å². The molecule has 1 aliphatic rings. The average Bonchev–Trinajstić information content (AvgIpc) is 2.24. The molecule has 1 saturated carbocycles. The van der Waals surface area contributed by atoms with Gasteiger partial charge in [0.25, 0.3) is 0 Å². The predicted molar refractivity (Wildman–Crippen MR) is 64.8 cm³/mol. The van der Waals surface area contributed by atoms with Crippen LogP contribution in [0.4, 0.5) is 4.39 Å². The fraction of sp³-hybridized carbons (Fsp3) is 0.571. The van der Waals surface area contributed by atoms with Gasteiger partial charge in [0, 0.05) is 12.0 Å². The molecule has 0 unspecified atom stereocenters. The van der Waals surface area contributed by atoms with Gasteiger partial charge in [-0.15, -0.1) is 0 Å². The van der Waals surface area contributed by atoms with Gasteiger partial charge in [0.2, 0.25) is 0 Å². The van der Waals surface area contributed by atoms with Crippen LogP contribution in [0.25, 0.3) is 0 Å². The maximum atomic E-state index is 13.8. The van der Waals surface area contributed by atoms with Gasteiger partial charge in [0.1, 0.15) is 5.82 Å². The second-order valence-electron chi connectivity index (χ2n) is 5.03. The minimum Gasteiger partial charge on any atom is -0.330 e. The highest BCUT2D eigenvalue weighted by molar-refractivity contribution is 5.30. The van der Waals surface area contributed by atoms with Gasteiger partial charge in [0.05, 0.1) is 0 Å². The second kappa shape index (κ2) is 4.54. The summed E-state index contributed by atoms with van der Waals surface area (Å²) < 4.78 is 13.8. The first-order chi connectivity index (χ1) is 7.72. The lowest BCUT2D eigenvalue weighted by molar-refractivity contribution is 0.135. The highest BCUT2D eigenvalue weighted by Gasteiger charge is 2.44. The molecular formula is C14H20FN. The third kappa shape index (κ3) is 1.86. The molecule has 16 heavy (non-hydrogen) atoms. The summed E-state index contributed by atoms with van der Waals surface area (Å²) >= 11 is 0. The van der Waals surface area contributed by atoms with Gasteiger partial charge in [0.15, 0.2) is 0 Å². The largest absolute Gasteiger partial charge is 0.330 e. The highest BCUT2D eigenvalue weighted by Crippen LogP contribution is 2.49. The summed E-state index contributed by atoms with van der Waals surface area (Å²) in [6, 6.07) is 7.08. The SMILES string of the molecule is CCCC1CC(CN)(c2ccccc2F)C1. The van der Waals surface area contributed by atoms with Gasteiger partial charge in [-0.2, -0.15) is 0 Å². The van der Waals surface area contributed by atoms with E-state index >= 15 is 0 Å². The van der Waals surface area contributed by atoms with E-state index in [2.05, 4.69) is 6.92 Å². The number of benzene rings is 1. The van der Waals surface area contributed by atoms with Crippen molar-refractivity contribution in [2.24, 2.45) is 11.7 Å². The van der Waals surface area contributed by atoms with Crippen LogP contribution in [0.3, 0.4) is 0 Å². The summed E-state index contributed by atoms with van der Waals surface area (Å²) in [5.41, 5.74) is 6.61. The Bertz CT molecular complexity index is 356. The number of rotatable bonds is 4. The van der Waals surface area contributed by atoms with Crippen molar-refractivity contribution in [3.63, 3.8) is 0 Å². The maximum Gasteiger partial charge on any atom is 0.127 e. The van der Waals surface area contributed by atoms with Gasteiger partial charge in [-0.25, -0.2) is 4.39 Å². The molecule has 1 aromatic rings. The second-order valence-corrected chi connectivity index (χ2v) is 5.03. The number of hydrogen-bond acceptors (Lipinski definition) is 1. The van der Waals surface area contributed by atoms with Crippen molar-refractivity contribution in [3.8, 4) is 0 Å². The first kappa shape index (κ1) is 11.6. The molecule has 0 atom stereocenters. The predicted octanol–water partition coefficient (Wildman–Crippen LogP) is 3.23. The van der Waals surface area contributed by atoms with E-state index in [1.807, 2.05) is 12.1 Å². The van der Waals surface area contributed by atoms with Crippen molar-refractivity contribution >= 4 is 0 Å². The molecule has 1 aliphatic carbocycles. The lowest BCUT2D eigenvalue weighted by Crippen LogP contribution is -2.47. The van der Waals surface area contributed by atoms with Gasteiger partial charge in [-0.3, -0.25) is 0 Å². The fourth-order valence-electron chi connectivity index (χ4n) is 3.05. The molecule has 0 heterocycles. The number of halogens is 1. The Morgan fingerprint density at radius 1 is 1.38 bits per heavy atom. The number of nitrogens with two attached hydrogens (primary N) is 1. The molecule has 0 bridgehead atoms. The van der Waals surface area contributed by atoms with Gasteiger partial charge in [-0.1, -0.05) is 38.0 Å². The smallest absolute Gasteiger partial charge is 0.127 e. The highest BCUT2D eigenvalue weighted by atomic mass is 19.1. The van der Waals surface area contributed by atoms with Crippen molar-refractivity contribution in [1.29, 1.82) is 0 Å². The molecule has 88 valence electrons. The molecule has 0 aliphatic heterocycles. The Hall–Kier alpha value is -0.890. The molecular weight excluding hydrogens is 201 g/mol. The fourth-order valence-corrected chi connectivity index (χ4v) is 3.05. The third-order valence-electron chi connectivity index (χ3n) is 3.89. The Labute approximate surface area is 96.9 Å². The van der Waals surface area contributed by atoms with Gasteiger partial charge in [-0.05, 0) is 30.4 Å². The van der Waals surface area contributed by atoms with Crippen LogP contribution >= 0.6 is 0 Å². The van der Waals surface area contributed by atoms with Crippen LogP contribution in [-0.4, -0.2) is 6.54 Å². The zero-order valence-electron chi connectivity index (χ0n) is 9.88. The van der Waals surface area contributed by atoms with E-state index in [1.165, 1.54) is 12.8 Å². The summed E-state index contributed by atoms with van der Waals surface area (Å²) in [5.74, 6) is 0.649.